The molecule has 0 saturated carbocycles. The first-order valence-electron chi connectivity index (χ1n) is 4.80. The van der Waals surface area contributed by atoms with E-state index in [0.29, 0.717) is 5.69 Å². The molecule has 5 heteroatoms. The summed E-state index contributed by atoms with van der Waals surface area (Å²) < 4.78 is 4.62. The zero-order chi connectivity index (χ0) is 9.80. The molecule has 1 fully saturated rings. The first-order valence-corrected chi connectivity index (χ1v) is 4.80. The van der Waals surface area contributed by atoms with E-state index in [0.717, 1.165) is 25.8 Å². The van der Waals surface area contributed by atoms with Crippen LogP contribution < -0.4 is 10.6 Å². The number of carbonyl (C=O) groups is 1. The Balaban J connectivity index is 1.88. The summed E-state index contributed by atoms with van der Waals surface area (Å²) in [6.45, 7) is 0.918. The molecule has 0 unspecified atom stereocenters. The van der Waals surface area contributed by atoms with Crippen molar-refractivity contribution in [1.82, 2.24) is 10.5 Å². The van der Waals surface area contributed by atoms with Crippen LogP contribution >= 0.6 is 0 Å². The van der Waals surface area contributed by atoms with Crippen molar-refractivity contribution in [2.24, 2.45) is 0 Å². The fourth-order valence-electron chi connectivity index (χ4n) is 1.57. The first kappa shape index (κ1) is 9.21. The maximum atomic E-state index is 11.6. The second kappa shape index (κ2) is 4.23. The van der Waals surface area contributed by atoms with Crippen molar-refractivity contribution in [2.75, 3.05) is 11.9 Å². The number of anilines is 1. The summed E-state index contributed by atoms with van der Waals surface area (Å²) in [5.41, 5.74) is 0.613. The van der Waals surface area contributed by atoms with Gasteiger partial charge in [0, 0.05) is 0 Å². The number of carbonyl (C=O) groups excluding carboxylic acids is 1. The van der Waals surface area contributed by atoms with Crippen LogP contribution in [0.1, 0.15) is 19.3 Å². The minimum atomic E-state index is -0.0707. The van der Waals surface area contributed by atoms with E-state index in [1.165, 1.54) is 12.5 Å². The van der Waals surface area contributed by atoms with Crippen molar-refractivity contribution in [3.05, 3.63) is 12.5 Å². The molecule has 5 nitrogen and oxygen atoms in total. The van der Waals surface area contributed by atoms with E-state index < -0.39 is 0 Å². The van der Waals surface area contributed by atoms with Gasteiger partial charge in [-0.1, -0.05) is 11.6 Å². The van der Waals surface area contributed by atoms with E-state index in [4.69, 9.17) is 0 Å². The highest BCUT2D eigenvalue weighted by Crippen LogP contribution is 2.10. The van der Waals surface area contributed by atoms with Crippen LogP contribution in [0, 0.1) is 0 Å². The van der Waals surface area contributed by atoms with Gasteiger partial charge in [0.25, 0.3) is 0 Å². The minimum Gasteiger partial charge on any atom is -0.363 e. The zero-order valence-electron chi connectivity index (χ0n) is 7.82. The molecule has 1 aliphatic rings. The molecular formula is C9H13N3O2. The van der Waals surface area contributed by atoms with Crippen molar-refractivity contribution in [3.63, 3.8) is 0 Å². The Morgan fingerprint density at radius 1 is 1.64 bits per heavy atom. The molecule has 0 aliphatic carbocycles. The van der Waals surface area contributed by atoms with Gasteiger partial charge in [-0.3, -0.25) is 4.79 Å². The average Bonchev–Trinajstić information content (AvgIpc) is 2.72. The number of piperidine rings is 1. The van der Waals surface area contributed by atoms with Crippen LogP contribution in [0.5, 0.6) is 0 Å². The molecule has 0 aromatic carbocycles. The summed E-state index contributed by atoms with van der Waals surface area (Å²) in [5.74, 6) is -0.00657. The van der Waals surface area contributed by atoms with E-state index in [2.05, 4.69) is 20.3 Å². The third-order valence-corrected chi connectivity index (χ3v) is 2.33. The second-order valence-corrected chi connectivity index (χ2v) is 3.40. The Hall–Kier alpha value is -1.36. The summed E-state index contributed by atoms with van der Waals surface area (Å²) in [5, 5.41) is 9.41. The van der Waals surface area contributed by atoms with Crippen LogP contribution in [0.4, 0.5) is 5.69 Å². The lowest BCUT2D eigenvalue weighted by molar-refractivity contribution is -0.118. The van der Waals surface area contributed by atoms with Crippen LogP contribution in [0.15, 0.2) is 17.0 Å². The van der Waals surface area contributed by atoms with Crippen molar-refractivity contribution in [3.8, 4) is 0 Å². The van der Waals surface area contributed by atoms with E-state index in [1.54, 1.807) is 0 Å². The average molecular weight is 195 g/mol. The molecule has 2 N–H and O–H groups in total. The third-order valence-electron chi connectivity index (χ3n) is 2.33. The van der Waals surface area contributed by atoms with Gasteiger partial charge in [0.2, 0.25) is 5.91 Å². The Labute approximate surface area is 81.8 Å². The summed E-state index contributed by atoms with van der Waals surface area (Å²) in [4.78, 5) is 11.6. The van der Waals surface area contributed by atoms with Gasteiger partial charge in [-0.2, -0.15) is 0 Å². The molecule has 1 saturated heterocycles. The second-order valence-electron chi connectivity index (χ2n) is 3.40. The van der Waals surface area contributed by atoms with Gasteiger partial charge in [0.05, 0.1) is 12.2 Å². The first-order chi connectivity index (χ1) is 6.86. The highest BCUT2D eigenvalue weighted by Gasteiger charge is 2.20. The topological polar surface area (TPSA) is 67.2 Å². The summed E-state index contributed by atoms with van der Waals surface area (Å²) in [6.07, 6.45) is 6.06. The quantitative estimate of drug-likeness (QED) is 0.731. The molecule has 1 amide bonds. The molecule has 1 aromatic heterocycles. The molecule has 2 rings (SSSR count). The van der Waals surface area contributed by atoms with Crippen molar-refractivity contribution in [1.29, 1.82) is 0 Å². The Morgan fingerprint density at radius 3 is 3.21 bits per heavy atom. The highest BCUT2D eigenvalue weighted by molar-refractivity contribution is 5.94. The largest absolute Gasteiger partial charge is 0.363 e. The van der Waals surface area contributed by atoms with Crippen LogP contribution in [-0.4, -0.2) is 23.7 Å². The molecule has 14 heavy (non-hydrogen) atoms. The molecule has 0 radical (unpaired) electrons. The van der Waals surface area contributed by atoms with Crippen molar-refractivity contribution >= 4 is 11.6 Å². The Kier molecular flexibility index (Phi) is 2.78. The lowest BCUT2D eigenvalue weighted by Crippen LogP contribution is -2.43. The van der Waals surface area contributed by atoms with Crippen LogP contribution in [0.3, 0.4) is 0 Å². The molecule has 76 valence electrons. The predicted molar refractivity (Wildman–Crippen MR) is 50.8 cm³/mol. The van der Waals surface area contributed by atoms with Gasteiger partial charge in [-0.15, -0.1) is 0 Å². The zero-order valence-corrected chi connectivity index (χ0v) is 7.82. The van der Waals surface area contributed by atoms with Gasteiger partial charge < -0.3 is 15.2 Å². The number of aromatic nitrogens is 1. The molecule has 0 bridgehead atoms. The van der Waals surface area contributed by atoms with Crippen LogP contribution in [-0.2, 0) is 4.79 Å². The lowest BCUT2D eigenvalue weighted by Gasteiger charge is -2.21. The van der Waals surface area contributed by atoms with Crippen molar-refractivity contribution < 1.29 is 9.32 Å². The fourth-order valence-corrected chi connectivity index (χ4v) is 1.57. The van der Waals surface area contributed by atoms with Gasteiger partial charge in [-0.25, -0.2) is 0 Å². The maximum Gasteiger partial charge on any atom is 0.241 e. The summed E-state index contributed by atoms with van der Waals surface area (Å²) in [6, 6.07) is -0.0707. The smallest absolute Gasteiger partial charge is 0.241 e. The van der Waals surface area contributed by atoms with E-state index in [-0.39, 0.29) is 11.9 Å². The van der Waals surface area contributed by atoms with Crippen LogP contribution in [0.2, 0.25) is 0 Å². The van der Waals surface area contributed by atoms with Gasteiger partial charge >= 0.3 is 0 Å². The number of nitrogens with one attached hydrogen (secondary N) is 2. The molecule has 1 atom stereocenters. The fraction of sp³-hybridized carbons (Fsp3) is 0.556. The predicted octanol–water partition coefficient (Wildman–Crippen LogP) is 0.755. The standard InChI is InChI=1S/C9H13N3O2/c13-9(8-3-1-2-4-10-8)12-7-5-11-14-6-7/h5-6,8,10H,1-4H2,(H,12,13)/t8-/m1/s1. The van der Waals surface area contributed by atoms with Gasteiger partial charge in [0.1, 0.15) is 12.0 Å². The number of rotatable bonds is 2. The molecule has 2 heterocycles. The molecule has 0 spiro atoms. The number of amides is 1. The summed E-state index contributed by atoms with van der Waals surface area (Å²) >= 11 is 0. The minimum absolute atomic E-state index is 0.00657. The van der Waals surface area contributed by atoms with Gasteiger partial charge in [-0.05, 0) is 19.4 Å². The molecule has 1 aliphatic heterocycles. The molecule has 1 aromatic rings. The molecular weight excluding hydrogens is 182 g/mol. The third kappa shape index (κ3) is 2.11. The lowest BCUT2D eigenvalue weighted by atomic mass is 10.0. The normalized spacial score (nSPS) is 21.9. The summed E-state index contributed by atoms with van der Waals surface area (Å²) in [7, 11) is 0. The van der Waals surface area contributed by atoms with E-state index >= 15 is 0 Å². The van der Waals surface area contributed by atoms with Crippen LogP contribution in [0.25, 0.3) is 0 Å². The number of hydrogen-bond donors (Lipinski definition) is 2. The Bertz CT molecular complexity index is 291. The SMILES string of the molecule is O=C(Nc1cnoc1)[C@H]1CCCCN1. The number of nitrogens with zero attached hydrogens (tertiary/aromatic N) is 1. The maximum absolute atomic E-state index is 11.6. The van der Waals surface area contributed by atoms with Crippen molar-refractivity contribution in [2.45, 2.75) is 25.3 Å². The van der Waals surface area contributed by atoms with E-state index in [1.807, 2.05) is 0 Å². The monoisotopic (exact) mass is 195 g/mol. The van der Waals surface area contributed by atoms with E-state index in [9.17, 15) is 4.79 Å². The Morgan fingerprint density at radius 2 is 2.57 bits per heavy atom. The van der Waals surface area contributed by atoms with Gasteiger partial charge in [0.15, 0.2) is 0 Å². The number of hydrogen-bond acceptors (Lipinski definition) is 4. The highest BCUT2D eigenvalue weighted by atomic mass is 16.5.